The quantitative estimate of drug-likeness (QED) is 0.926. The van der Waals surface area contributed by atoms with Crippen LogP contribution in [0.1, 0.15) is 16.7 Å². The van der Waals surface area contributed by atoms with Gasteiger partial charge in [-0.2, -0.15) is 18.3 Å². The topological polar surface area (TPSA) is 37.8 Å². The molecule has 1 heterocycles. The molecule has 0 atom stereocenters. The molecule has 19 heavy (non-hydrogen) atoms. The van der Waals surface area contributed by atoms with Crippen LogP contribution in [0.15, 0.2) is 36.5 Å². The van der Waals surface area contributed by atoms with Crippen LogP contribution in [-0.2, 0) is 12.7 Å². The summed E-state index contributed by atoms with van der Waals surface area (Å²) in [6, 6.07) is 6.84. The van der Waals surface area contributed by atoms with E-state index in [0.717, 1.165) is 23.3 Å². The number of nitrogens with zero attached hydrogens (tertiary/aromatic N) is 2. The van der Waals surface area contributed by atoms with Crippen molar-refractivity contribution in [1.29, 1.82) is 0 Å². The van der Waals surface area contributed by atoms with Gasteiger partial charge in [0.2, 0.25) is 0 Å². The molecule has 1 N–H and O–H groups in total. The van der Waals surface area contributed by atoms with Gasteiger partial charge in [-0.05, 0) is 36.2 Å². The number of hydrogen-bond donors (Lipinski definition) is 1. The standard InChI is InChI=1S/C13H12F3N3/c1-9-6-12(19-18-7-9)17-8-10-2-4-11(5-3-10)13(14,15)16/h2-7H,8H2,1H3,(H,17,19). The lowest BCUT2D eigenvalue weighted by Gasteiger charge is -2.08. The van der Waals surface area contributed by atoms with Gasteiger partial charge in [0.1, 0.15) is 5.82 Å². The van der Waals surface area contributed by atoms with Crippen LogP contribution in [0.5, 0.6) is 0 Å². The normalized spacial score (nSPS) is 11.4. The summed E-state index contributed by atoms with van der Waals surface area (Å²) in [7, 11) is 0. The van der Waals surface area contributed by atoms with Crippen molar-refractivity contribution in [2.45, 2.75) is 19.6 Å². The molecule has 0 fully saturated rings. The Hall–Kier alpha value is -2.11. The van der Waals surface area contributed by atoms with Crippen molar-refractivity contribution in [3.63, 3.8) is 0 Å². The highest BCUT2D eigenvalue weighted by Crippen LogP contribution is 2.29. The number of alkyl halides is 3. The number of halogens is 3. The molecule has 0 radical (unpaired) electrons. The summed E-state index contributed by atoms with van der Waals surface area (Å²) in [6.07, 6.45) is -2.67. The molecule has 100 valence electrons. The predicted octanol–water partition coefficient (Wildman–Crippen LogP) is 3.42. The summed E-state index contributed by atoms with van der Waals surface area (Å²) >= 11 is 0. The Morgan fingerprint density at radius 3 is 2.42 bits per heavy atom. The maximum Gasteiger partial charge on any atom is 0.416 e. The number of rotatable bonds is 3. The molecule has 6 heteroatoms. The van der Waals surface area contributed by atoms with Crippen molar-refractivity contribution in [1.82, 2.24) is 10.2 Å². The number of benzene rings is 1. The molecule has 3 nitrogen and oxygen atoms in total. The average molecular weight is 267 g/mol. The van der Waals surface area contributed by atoms with E-state index in [2.05, 4.69) is 15.5 Å². The third-order valence-electron chi connectivity index (χ3n) is 2.55. The lowest BCUT2D eigenvalue weighted by molar-refractivity contribution is -0.137. The van der Waals surface area contributed by atoms with Gasteiger partial charge in [0.05, 0.1) is 11.8 Å². The fourth-order valence-corrected chi connectivity index (χ4v) is 1.55. The maximum atomic E-state index is 12.4. The van der Waals surface area contributed by atoms with Crippen LogP contribution in [0.3, 0.4) is 0 Å². The van der Waals surface area contributed by atoms with Gasteiger partial charge < -0.3 is 5.32 Å². The second-order valence-electron chi connectivity index (χ2n) is 4.17. The Morgan fingerprint density at radius 2 is 1.84 bits per heavy atom. The van der Waals surface area contributed by atoms with Crippen LogP contribution >= 0.6 is 0 Å². The molecule has 2 aromatic rings. The van der Waals surface area contributed by atoms with Crippen LogP contribution in [0, 0.1) is 6.92 Å². The zero-order chi connectivity index (χ0) is 13.9. The van der Waals surface area contributed by atoms with E-state index in [1.165, 1.54) is 12.1 Å². The molecule has 0 amide bonds. The van der Waals surface area contributed by atoms with Gasteiger partial charge in [-0.15, -0.1) is 5.10 Å². The van der Waals surface area contributed by atoms with Gasteiger partial charge in [0.15, 0.2) is 0 Å². The summed E-state index contributed by atoms with van der Waals surface area (Å²) in [5.41, 5.74) is 1.06. The Kier molecular flexibility index (Phi) is 3.69. The minimum absolute atomic E-state index is 0.399. The van der Waals surface area contributed by atoms with E-state index in [1.807, 2.05) is 13.0 Å². The zero-order valence-corrected chi connectivity index (χ0v) is 10.2. The molecule has 0 aliphatic heterocycles. The molecule has 2 rings (SSSR count). The van der Waals surface area contributed by atoms with Gasteiger partial charge in [-0.1, -0.05) is 12.1 Å². The highest BCUT2D eigenvalue weighted by Gasteiger charge is 2.29. The molecule has 0 bridgehead atoms. The SMILES string of the molecule is Cc1cnnc(NCc2ccc(C(F)(F)F)cc2)c1. The molecule has 1 aromatic carbocycles. The Bertz CT molecular complexity index is 550. The second-order valence-corrected chi connectivity index (χ2v) is 4.17. The highest BCUT2D eigenvalue weighted by atomic mass is 19.4. The van der Waals surface area contributed by atoms with E-state index < -0.39 is 11.7 Å². The summed E-state index contributed by atoms with van der Waals surface area (Å²) in [5.74, 6) is 0.597. The molecular weight excluding hydrogens is 255 g/mol. The van der Waals surface area contributed by atoms with E-state index in [9.17, 15) is 13.2 Å². The smallest absolute Gasteiger partial charge is 0.364 e. The van der Waals surface area contributed by atoms with Crippen LogP contribution in [0.4, 0.5) is 19.0 Å². The first-order valence-corrected chi connectivity index (χ1v) is 5.64. The van der Waals surface area contributed by atoms with E-state index in [4.69, 9.17) is 0 Å². The number of aryl methyl sites for hydroxylation is 1. The first kappa shape index (κ1) is 13.3. The molecular formula is C13H12F3N3. The fraction of sp³-hybridized carbons (Fsp3) is 0.231. The van der Waals surface area contributed by atoms with Crippen molar-refractivity contribution in [3.8, 4) is 0 Å². The van der Waals surface area contributed by atoms with Gasteiger partial charge in [0, 0.05) is 6.54 Å². The summed E-state index contributed by atoms with van der Waals surface area (Å²) < 4.78 is 37.1. The number of nitrogens with one attached hydrogen (secondary N) is 1. The average Bonchev–Trinajstić information content (AvgIpc) is 2.36. The van der Waals surface area contributed by atoms with E-state index >= 15 is 0 Å². The molecule has 0 unspecified atom stereocenters. The number of anilines is 1. The second kappa shape index (κ2) is 5.26. The minimum Gasteiger partial charge on any atom is -0.364 e. The monoisotopic (exact) mass is 267 g/mol. The first-order valence-electron chi connectivity index (χ1n) is 5.64. The van der Waals surface area contributed by atoms with Crippen LogP contribution < -0.4 is 5.32 Å². The van der Waals surface area contributed by atoms with Gasteiger partial charge >= 0.3 is 6.18 Å². The fourth-order valence-electron chi connectivity index (χ4n) is 1.55. The Labute approximate surface area is 108 Å². The predicted molar refractivity (Wildman–Crippen MR) is 65.5 cm³/mol. The van der Waals surface area contributed by atoms with Crippen molar-refractivity contribution in [3.05, 3.63) is 53.2 Å². The van der Waals surface area contributed by atoms with Crippen molar-refractivity contribution in [2.75, 3.05) is 5.32 Å². The lowest BCUT2D eigenvalue weighted by atomic mass is 10.1. The molecule has 0 aliphatic rings. The summed E-state index contributed by atoms with van der Waals surface area (Å²) in [6.45, 7) is 2.29. The number of aromatic nitrogens is 2. The molecule has 1 aromatic heterocycles. The molecule has 0 aliphatic carbocycles. The van der Waals surface area contributed by atoms with Crippen LogP contribution in [0.2, 0.25) is 0 Å². The first-order chi connectivity index (χ1) is 8.95. The van der Waals surface area contributed by atoms with Crippen LogP contribution in [0.25, 0.3) is 0 Å². The van der Waals surface area contributed by atoms with Gasteiger partial charge in [0.25, 0.3) is 0 Å². The van der Waals surface area contributed by atoms with Crippen molar-refractivity contribution >= 4 is 5.82 Å². The third-order valence-corrected chi connectivity index (χ3v) is 2.55. The zero-order valence-electron chi connectivity index (χ0n) is 10.2. The van der Waals surface area contributed by atoms with Crippen molar-refractivity contribution < 1.29 is 13.2 Å². The van der Waals surface area contributed by atoms with Gasteiger partial charge in [-0.25, -0.2) is 0 Å². The largest absolute Gasteiger partial charge is 0.416 e. The van der Waals surface area contributed by atoms with E-state index in [1.54, 1.807) is 6.20 Å². The minimum atomic E-state index is -4.30. The third kappa shape index (κ3) is 3.67. The highest BCUT2D eigenvalue weighted by molar-refractivity contribution is 5.36. The van der Waals surface area contributed by atoms with Crippen molar-refractivity contribution in [2.24, 2.45) is 0 Å². The maximum absolute atomic E-state index is 12.4. The van der Waals surface area contributed by atoms with Crippen LogP contribution in [-0.4, -0.2) is 10.2 Å². The Morgan fingerprint density at radius 1 is 1.16 bits per heavy atom. The summed E-state index contributed by atoms with van der Waals surface area (Å²) in [4.78, 5) is 0. The van der Waals surface area contributed by atoms with E-state index in [0.29, 0.717) is 12.4 Å². The molecule has 0 saturated heterocycles. The Balaban J connectivity index is 2.01. The molecule has 0 saturated carbocycles. The van der Waals surface area contributed by atoms with E-state index in [-0.39, 0.29) is 0 Å². The summed E-state index contributed by atoms with van der Waals surface area (Å²) in [5, 5.41) is 10.7. The molecule has 0 spiro atoms. The lowest BCUT2D eigenvalue weighted by Crippen LogP contribution is -2.06. The van der Waals surface area contributed by atoms with Gasteiger partial charge in [-0.3, -0.25) is 0 Å². The number of hydrogen-bond acceptors (Lipinski definition) is 3.